The summed E-state index contributed by atoms with van der Waals surface area (Å²) in [6.45, 7) is 0.215. The Balaban J connectivity index is 1.27. The van der Waals surface area contributed by atoms with Gasteiger partial charge in [-0.25, -0.2) is 4.39 Å². The van der Waals surface area contributed by atoms with Crippen molar-refractivity contribution < 1.29 is 14.0 Å². The van der Waals surface area contributed by atoms with Crippen molar-refractivity contribution in [2.24, 2.45) is 0 Å². The quantitative estimate of drug-likeness (QED) is 0.408. The molecule has 7 nitrogen and oxygen atoms in total. The zero-order valence-corrected chi connectivity index (χ0v) is 22.0. The Morgan fingerprint density at radius 1 is 1.19 bits per heavy atom. The summed E-state index contributed by atoms with van der Waals surface area (Å²) in [6.07, 6.45) is 6.85. The van der Waals surface area contributed by atoms with Gasteiger partial charge in [0, 0.05) is 29.9 Å². The number of fused-ring (bicyclic) bond motifs is 2. The van der Waals surface area contributed by atoms with E-state index in [9.17, 15) is 14.0 Å². The van der Waals surface area contributed by atoms with Crippen molar-refractivity contribution in [1.82, 2.24) is 25.9 Å². The number of nitrogens with zero attached hydrogens (tertiary/aromatic N) is 2. The average molecular weight is 556 g/mol. The molecule has 3 heterocycles. The number of aromatic nitrogens is 2. The van der Waals surface area contributed by atoms with Gasteiger partial charge in [-0.3, -0.25) is 19.6 Å². The lowest BCUT2D eigenvalue weighted by Gasteiger charge is -2.23. The van der Waals surface area contributed by atoms with Crippen LogP contribution in [0.2, 0.25) is 5.02 Å². The van der Waals surface area contributed by atoms with Crippen LogP contribution in [0, 0.1) is 5.82 Å². The van der Waals surface area contributed by atoms with Crippen LogP contribution in [-0.2, 0) is 24.2 Å². The van der Waals surface area contributed by atoms with Crippen molar-refractivity contribution in [2.75, 3.05) is 5.75 Å². The first-order valence-electron chi connectivity index (χ1n) is 11.8. The van der Waals surface area contributed by atoms with Crippen LogP contribution in [0.5, 0.6) is 0 Å². The standard InChI is InChI=1S/C26H23ClFN5O2S2/c27-19-10-15(24(34)32-21-7-9-37-25(21)35)11-30-22(19)13-31-26(36)33-23-17-2-1-3-20(28)16(17)5-4-14-6-8-29-12-18(14)23/h1-3,6,8,10-12,21,23H,4-5,7,9,13H2,(H,32,34)(H2,31,33,36). The summed E-state index contributed by atoms with van der Waals surface area (Å²) in [6, 6.07) is 7.70. The maximum absolute atomic E-state index is 14.7. The fourth-order valence-electron chi connectivity index (χ4n) is 4.55. The molecular weight excluding hydrogens is 533 g/mol. The van der Waals surface area contributed by atoms with Crippen molar-refractivity contribution >= 4 is 51.7 Å². The minimum absolute atomic E-state index is 0.0355. The van der Waals surface area contributed by atoms with Crippen LogP contribution in [0.1, 0.15) is 50.8 Å². The van der Waals surface area contributed by atoms with Crippen molar-refractivity contribution in [3.63, 3.8) is 0 Å². The molecule has 3 aromatic rings. The molecule has 0 saturated carbocycles. The third-order valence-corrected chi connectivity index (χ3v) is 8.08. The number of carbonyl (C=O) groups excluding carboxylic acids is 2. The second-order valence-corrected chi connectivity index (χ2v) is 10.7. The number of thiocarbonyl (C=S) groups is 1. The number of nitrogens with one attached hydrogen (secondary N) is 3. The normalized spacial score (nSPS) is 18.4. The number of rotatable bonds is 5. The highest BCUT2D eigenvalue weighted by atomic mass is 35.5. The van der Waals surface area contributed by atoms with Crippen LogP contribution < -0.4 is 16.0 Å². The maximum atomic E-state index is 14.7. The first kappa shape index (κ1) is 25.6. The highest BCUT2D eigenvalue weighted by Gasteiger charge is 2.28. The predicted octanol–water partition coefficient (Wildman–Crippen LogP) is 3.88. The molecular formula is C26H23ClFN5O2S2. The zero-order valence-electron chi connectivity index (χ0n) is 19.6. The van der Waals surface area contributed by atoms with Gasteiger partial charge in [0.2, 0.25) is 5.12 Å². The smallest absolute Gasteiger partial charge is 0.253 e. The van der Waals surface area contributed by atoms with Crippen LogP contribution in [0.25, 0.3) is 0 Å². The fraction of sp³-hybridized carbons (Fsp3) is 0.269. The second-order valence-electron chi connectivity index (χ2n) is 8.78. The number of thioether (sulfide) groups is 1. The van der Waals surface area contributed by atoms with E-state index in [1.165, 1.54) is 30.1 Å². The lowest BCUT2D eigenvalue weighted by molar-refractivity contribution is -0.112. The van der Waals surface area contributed by atoms with Crippen LogP contribution in [0.3, 0.4) is 0 Å². The topological polar surface area (TPSA) is 96.0 Å². The number of hydrogen-bond acceptors (Lipinski definition) is 6. The molecule has 1 amide bonds. The third-order valence-electron chi connectivity index (χ3n) is 6.48. The molecule has 1 aliphatic heterocycles. The minimum Gasteiger partial charge on any atom is -0.357 e. The highest BCUT2D eigenvalue weighted by Crippen LogP contribution is 2.33. The average Bonchev–Trinajstić information content (AvgIpc) is 3.22. The predicted molar refractivity (Wildman–Crippen MR) is 145 cm³/mol. The summed E-state index contributed by atoms with van der Waals surface area (Å²) < 4.78 is 14.7. The molecule has 2 aliphatic rings. The zero-order chi connectivity index (χ0) is 25.9. The van der Waals surface area contributed by atoms with Gasteiger partial charge in [-0.05, 0) is 66.4 Å². The number of halogens is 2. The second kappa shape index (κ2) is 11.1. The summed E-state index contributed by atoms with van der Waals surface area (Å²) in [4.78, 5) is 32.9. The molecule has 0 spiro atoms. The van der Waals surface area contributed by atoms with E-state index < -0.39 is 11.9 Å². The Morgan fingerprint density at radius 2 is 2.05 bits per heavy atom. The number of amides is 1. The largest absolute Gasteiger partial charge is 0.357 e. The van der Waals surface area contributed by atoms with E-state index in [1.807, 2.05) is 12.1 Å². The molecule has 3 N–H and O–H groups in total. The van der Waals surface area contributed by atoms with E-state index in [0.717, 1.165) is 16.7 Å². The number of hydrogen-bond donors (Lipinski definition) is 3. The summed E-state index contributed by atoms with van der Waals surface area (Å²) in [7, 11) is 0. The molecule has 2 aromatic heterocycles. The summed E-state index contributed by atoms with van der Waals surface area (Å²) in [5.74, 6) is 0.0729. The van der Waals surface area contributed by atoms with Crippen molar-refractivity contribution in [3.05, 3.63) is 93.3 Å². The van der Waals surface area contributed by atoms with Gasteiger partial charge in [0.25, 0.3) is 5.91 Å². The number of carbonyl (C=O) groups is 2. The third kappa shape index (κ3) is 5.61. The summed E-state index contributed by atoms with van der Waals surface area (Å²) in [5.41, 5.74) is 4.30. The van der Waals surface area contributed by atoms with Crippen LogP contribution in [0.4, 0.5) is 4.39 Å². The molecule has 1 fully saturated rings. The molecule has 37 heavy (non-hydrogen) atoms. The molecule has 1 saturated heterocycles. The van der Waals surface area contributed by atoms with Crippen molar-refractivity contribution in [2.45, 2.75) is 37.9 Å². The Bertz CT molecular complexity index is 1390. The van der Waals surface area contributed by atoms with Gasteiger partial charge in [0.1, 0.15) is 5.82 Å². The van der Waals surface area contributed by atoms with Crippen molar-refractivity contribution in [3.8, 4) is 0 Å². The molecule has 11 heteroatoms. The number of aryl methyl sites for hydroxylation is 1. The Hall–Kier alpha value is -3.08. The number of benzene rings is 1. The fourth-order valence-corrected chi connectivity index (χ4v) is 5.91. The maximum Gasteiger partial charge on any atom is 0.253 e. The first-order valence-corrected chi connectivity index (χ1v) is 13.5. The molecule has 2 atom stereocenters. The van der Waals surface area contributed by atoms with Gasteiger partial charge < -0.3 is 16.0 Å². The van der Waals surface area contributed by atoms with Gasteiger partial charge in [-0.1, -0.05) is 35.5 Å². The van der Waals surface area contributed by atoms with E-state index in [0.29, 0.717) is 46.4 Å². The van der Waals surface area contributed by atoms with Crippen LogP contribution in [0.15, 0.2) is 48.9 Å². The van der Waals surface area contributed by atoms with Gasteiger partial charge in [0.15, 0.2) is 5.11 Å². The van der Waals surface area contributed by atoms with E-state index in [-0.39, 0.29) is 29.1 Å². The Morgan fingerprint density at radius 3 is 2.84 bits per heavy atom. The molecule has 0 radical (unpaired) electrons. The SMILES string of the molecule is O=C(NC1CCSC1=O)c1cnc(CNC(=S)NC2c3cnccc3CCc3c(F)cccc32)c(Cl)c1. The summed E-state index contributed by atoms with van der Waals surface area (Å²) in [5, 5.41) is 9.75. The lowest BCUT2D eigenvalue weighted by Crippen LogP contribution is -2.38. The van der Waals surface area contributed by atoms with Gasteiger partial charge >= 0.3 is 0 Å². The number of pyridine rings is 2. The molecule has 0 bridgehead atoms. The van der Waals surface area contributed by atoms with E-state index in [1.54, 1.807) is 18.5 Å². The monoisotopic (exact) mass is 555 g/mol. The molecule has 1 aromatic carbocycles. The molecule has 1 aliphatic carbocycles. The van der Waals surface area contributed by atoms with Crippen molar-refractivity contribution in [1.29, 1.82) is 0 Å². The molecule has 2 unspecified atom stereocenters. The van der Waals surface area contributed by atoms with E-state index >= 15 is 0 Å². The van der Waals surface area contributed by atoms with Gasteiger partial charge in [-0.15, -0.1) is 0 Å². The highest BCUT2D eigenvalue weighted by molar-refractivity contribution is 8.14. The first-order chi connectivity index (χ1) is 17.9. The molecule has 190 valence electrons. The van der Waals surface area contributed by atoms with E-state index in [4.69, 9.17) is 23.8 Å². The van der Waals surface area contributed by atoms with Crippen LogP contribution >= 0.6 is 35.6 Å². The van der Waals surface area contributed by atoms with Crippen LogP contribution in [-0.4, -0.2) is 37.9 Å². The summed E-state index contributed by atoms with van der Waals surface area (Å²) >= 11 is 13.2. The van der Waals surface area contributed by atoms with Gasteiger partial charge in [0.05, 0.1) is 34.9 Å². The Kier molecular flexibility index (Phi) is 7.68. The minimum atomic E-state index is -0.482. The Labute approximate surface area is 228 Å². The van der Waals surface area contributed by atoms with E-state index in [2.05, 4.69) is 25.9 Å². The van der Waals surface area contributed by atoms with Gasteiger partial charge in [-0.2, -0.15) is 0 Å². The molecule has 5 rings (SSSR count). The lowest BCUT2D eigenvalue weighted by atomic mass is 9.96.